The minimum absolute atomic E-state index is 0.613. The topological polar surface area (TPSA) is 0 Å². The van der Waals surface area contributed by atoms with Crippen LogP contribution in [0, 0.1) is 5.41 Å². The Hall–Kier alpha value is -0.140. The van der Waals surface area contributed by atoms with Crippen LogP contribution in [-0.2, 0) is 0 Å². The third-order valence-corrected chi connectivity index (χ3v) is 3.02. The molecule has 0 spiro atoms. The fourth-order valence-electron chi connectivity index (χ4n) is 1.98. The molecule has 0 N–H and O–H groups in total. The molecule has 0 radical (unpaired) electrons. The van der Waals surface area contributed by atoms with Crippen molar-refractivity contribution in [1.82, 2.24) is 0 Å². The van der Waals surface area contributed by atoms with E-state index >= 15 is 0 Å². The molecule has 0 heterocycles. The van der Waals surface area contributed by atoms with Crippen molar-refractivity contribution in [2.45, 2.75) is 51.9 Å². The van der Waals surface area contributed by atoms with Crippen LogP contribution in [0.25, 0.3) is 0 Å². The zero-order valence-corrected chi connectivity index (χ0v) is 7.08. The highest BCUT2D eigenvalue weighted by Crippen LogP contribution is 2.43. The van der Waals surface area contributed by atoms with Gasteiger partial charge in [0.05, 0.1) is 0 Å². The summed E-state index contributed by atoms with van der Waals surface area (Å²) in [6.45, 7) is 1.89. The van der Waals surface area contributed by atoms with Gasteiger partial charge in [0.2, 0.25) is 6.43 Å². The van der Waals surface area contributed by atoms with Crippen LogP contribution in [0.1, 0.15) is 45.4 Å². The summed E-state index contributed by atoms with van der Waals surface area (Å²) in [4.78, 5) is 0. The maximum Gasteiger partial charge on any atom is 0.244 e. The van der Waals surface area contributed by atoms with Gasteiger partial charge in [-0.05, 0) is 19.3 Å². The molecule has 0 bridgehead atoms. The van der Waals surface area contributed by atoms with Gasteiger partial charge in [0.25, 0.3) is 0 Å². The Balaban J connectivity index is 2.57. The second-order valence-corrected chi connectivity index (χ2v) is 3.58. The number of rotatable bonds is 2. The molecule has 0 aliphatic heterocycles. The zero-order chi connectivity index (χ0) is 8.32. The summed E-state index contributed by atoms with van der Waals surface area (Å²) in [6.07, 6.45) is 3.16. The maximum absolute atomic E-state index is 12.6. The van der Waals surface area contributed by atoms with E-state index in [1.54, 1.807) is 0 Å². The van der Waals surface area contributed by atoms with Crippen molar-refractivity contribution in [3.8, 4) is 0 Å². The lowest BCUT2D eigenvalue weighted by Gasteiger charge is -2.35. The van der Waals surface area contributed by atoms with Crippen LogP contribution >= 0.6 is 0 Å². The van der Waals surface area contributed by atoms with E-state index in [0.29, 0.717) is 6.42 Å². The molecule has 0 aromatic heterocycles. The summed E-state index contributed by atoms with van der Waals surface area (Å²) < 4.78 is 25.2. The van der Waals surface area contributed by atoms with Crippen LogP contribution in [0.15, 0.2) is 0 Å². The molecule has 0 amide bonds. The Bertz CT molecular complexity index is 115. The van der Waals surface area contributed by atoms with Gasteiger partial charge >= 0.3 is 0 Å². The van der Waals surface area contributed by atoms with Crippen LogP contribution < -0.4 is 0 Å². The minimum atomic E-state index is -2.10. The molecule has 66 valence electrons. The Labute approximate surface area is 67.0 Å². The third kappa shape index (κ3) is 1.71. The first-order valence-corrected chi connectivity index (χ1v) is 4.49. The van der Waals surface area contributed by atoms with Gasteiger partial charge in [-0.15, -0.1) is 0 Å². The highest BCUT2D eigenvalue weighted by Gasteiger charge is 2.38. The van der Waals surface area contributed by atoms with Crippen molar-refractivity contribution in [2.75, 3.05) is 0 Å². The zero-order valence-electron chi connectivity index (χ0n) is 7.08. The van der Waals surface area contributed by atoms with Gasteiger partial charge < -0.3 is 0 Å². The lowest BCUT2D eigenvalue weighted by molar-refractivity contribution is -0.0336. The van der Waals surface area contributed by atoms with Crippen molar-refractivity contribution in [3.63, 3.8) is 0 Å². The van der Waals surface area contributed by atoms with Crippen molar-refractivity contribution < 1.29 is 8.78 Å². The second kappa shape index (κ2) is 3.51. The van der Waals surface area contributed by atoms with Gasteiger partial charge in [-0.3, -0.25) is 0 Å². The van der Waals surface area contributed by atoms with Gasteiger partial charge in [-0.2, -0.15) is 0 Å². The van der Waals surface area contributed by atoms with Crippen LogP contribution in [-0.4, -0.2) is 6.43 Å². The molecule has 0 aromatic rings. The highest BCUT2D eigenvalue weighted by atomic mass is 19.3. The van der Waals surface area contributed by atoms with Crippen LogP contribution in [0.4, 0.5) is 8.78 Å². The van der Waals surface area contributed by atoms with Crippen LogP contribution in [0.3, 0.4) is 0 Å². The maximum atomic E-state index is 12.6. The number of hydrogen-bond donors (Lipinski definition) is 0. The predicted molar refractivity (Wildman–Crippen MR) is 41.8 cm³/mol. The van der Waals surface area contributed by atoms with E-state index in [1.807, 2.05) is 6.92 Å². The molecule has 1 saturated carbocycles. The number of halogens is 2. The van der Waals surface area contributed by atoms with E-state index in [-0.39, 0.29) is 0 Å². The fourth-order valence-corrected chi connectivity index (χ4v) is 1.98. The summed E-state index contributed by atoms with van der Waals surface area (Å²) in [5.41, 5.74) is -0.613. The average molecular weight is 162 g/mol. The lowest BCUT2D eigenvalue weighted by atomic mass is 9.72. The molecule has 0 nitrogen and oxygen atoms in total. The average Bonchev–Trinajstić information content (AvgIpc) is 2.05. The first-order valence-electron chi connectivity index (χ1n) is 4.49. The molecule has 1 aliphatic carbocycles. The SMILES string of the molecule is CCC1(C(F)F)CCCCC1. The van der Waals surface area contributed by atoms with Gasteiger partial charge in [0.1, 0.15) is 0 Å². The molecular weight excluding hydrogens is 146 g/mol. The normalized spacial score (nSPS) is 24.0. The molecule has 1 aliphatic rings. The molecule has 1 fully saturated rings. The Morgan fingerprint density at radius 1 is 1.18 bits per heavy atom. The van der Waals surface area contributed by atoms with E-state index in [0.717, 1.165) is 32.1 Å². The number of hydrogen-bond acceptors (Lipinski definition) is 0. The Morgan fingerprint density at radius 3 is 2.00 bits per heavy atom. The largest absolute Gasteiger partial charge is 0.244 e. The van der Waals surface area contributed by atoms with Crippen molar-refractivity contribution in [3.05, 3.63) is 0 Å². The highest BCUT2D eigenvalue weighted by molar-refractivity contribution is 4.83. The quantitative estimate of drug-likeness (QED) is 0.581. The predicted octanol–water partition coefficient (Wildman–Crippen LogP) is 3.61. The first kappa shape index (κ1) is 8.95. The van der Waals surface area contributed by atoms with Gasteiger partial charge in [0, 0.05) is 5.41 Å². The Kier molecular flexibility index (Phi) is 2.85. The van der Waals surface area contributed by atoms with Crippen molar-refractivity contribution in [2.24, 2.45) is 5.41 Å². The van der Waals surface area contributed by atoms with E-state index in [9.17, 15) is 8.78 Å². The Morgan fingerprint density at radius 2 is 1.73 bits per heavy atom. The molecule has 1 rings (SSSR count). The molecule has 2 heteroatoms. The van der Waals surface area contributed by atoms with E-state index in [4.69, 9.17) is 0 Å². The first-order chi connectivity index (χ1) is 5.21. The summed E-state index contributed by atoms with van der Waals surface area (Å²) in [5.74, 6) is 0. The standard InChI is InChI=1S/C9H16F2/c1-2-9(8(10)11)6-4-3-5-7-9/h8H,2-7H2,1H3. The van der Waals surface area contributed by atoms with Gasteiger partial charge in [-0.25, -0.2) is 8.78 Å². The number of alkyl halides is 2. The molecule has 0 saturated heterocycles. The van der Waals surface area contributed by atoms with E-state index in [1.165, 1.54) is 0 Å². The van der Waals surface area contributed by atoms with Gasteiger partial charge in [-0.1, -0.05) is 26.2 Å². The summed E-state index contributed by atoms with van der Waals surface area (Å²) >= 11 is 0. The fraction of sp³-hybridized carbons (Fsp3) is 1.00. The monoisotopic (exact) mass is 162 g/mol. The van der Waals surface area contributed by atoms with Crippen LogP contribution in [0.2, 0.25) is 0 Å². The molecule has 11 heavy (non-hydrogen) atoms. The summed E-state index contributed by atoms with van der Waals surface area (Å²) in [7, 11) is 0. The second-order valence-electron chi connectivity index (χ2n) is 3.58. The van der Waals surface area contributed by atoms with Crippen molar-refractivity contribution in [1.29, 1.82) is 0 Å². The molecule has 0 unspecified atom stereocenters. The van der Waals surface area contributed by atoms with Gasteiger partial charge in [0.15, 0.2) is 0 Å². The molecule has 0 aromatic carbocycles. The summed E-state index contributed by atoms with van der Waals surface area (Å²) in [6, 6.07) is 0. The van der Waals surface area contributed by atoms with E-state index in [2.05, 4.69) is 0 Å². The smallest absolute Gasteiger partial charge is 0.210 e. The van der Waals surface area contributed by atoms with Crippen LogP contribution in [0.5, 0.6) is 0 Å². The lowest BCUT2D eigenvalue weighted by Crippen LogP contribution is -2.31. The third-order valence-electron chi connectivity index (χ3n) is 3.02. The molecule has 0 atom stereocenters. The van der Waals surface area contributed by atoms with Crippen molar-refractivity contribution >= 4 is 0 Å². The van der Waals surface area contributed by atoms with E-state index < -0.39 is 11.8 Å². The molecular formula is C9H16F2. The summed E-state index contributed by atoms with van der Waals surface area (Å²) in [5, 5.41) is 0. The minimum Gasteiger partial charge on any atom is -0.210 e.